The number of imide groups is 3. The highest BCUT2D eigenvalue weighted by Gasteiger charge is 2.73. The number of nitrogens with two attached hydrogens (primary N) is 2. The summed E-state index contributed by atoms with van der Waals surface area (Å²) in [7, 11) is 16.6. The normalized spacial score (nSPS) is 32.1. The van der Waals surface area contributed by atoms with E-state index in [0.29, 0.717) is 22.7 Å². The number of carbonyl (C=O) groups is 8. The average molecular weight is 1970 g/mol. The van der Waals surface area contributed by atoms with Gasteiger partial charge in [-0.3, -0.25) is 48.5 Å². The lowest BCUT2D eigenvalue weighted by Gasteiger charge is -2.46. The number of nitrogens with zero attached hydrogens (tertiary/aromatic N) is 6. The number of nitrogens with one attached hydrogen (secondary N) is 4. The third kappa shape index (κ3) is 17.8. The zero-order valence-corrected chi connectivity index (χ0v) is 79.0. The van der Waals surface area contributed by atoms with E-state index in [-0.39, 0.29) is 161 Å². The molecule has 0 bridgehead atoms. The van der Waals surface area contributed by atoms with Gasteiger partial charge in [0.2, 0.25) is 0 Å². The highest BCUT2D eigenvalue weighted by Crippen LogP contribution is 2.66. The first-order valence-corrected chi connectivity index (χ1v) is 46.7. The van der Waals surface area contributed by atoms with Gasteiger partial charge < -0.3 is 65.7 Å². The molecule has 10 aliphatic carbocycles. The number of hydrogen-bond donors (Lipinski definition) is 8. The van der Waals surface area contributed by atoms with Crippen molar-refractivity contribution in [3.63, 3.8) is 0 Å². The fourth-order valence-corrected chi connectivity index (χ4v) is 25.9. The van der Waals surface area contributed by atoms with Crippen LogP contribution in [0, 0.1) is 51.5 Å². The van der Waals surface area contributed by atoms with Crippen LogP contribution in [0.15, 0.2) is 100 Å². The maximum Gasteiger partial charge on any atom is 0.325 e. The smallest absolute Gasteiger partial charge is 0.325 e. The molecule has 0 radical (unpaired) electrons. The molecule has 744 valence electrons. The maximum absolute atomic E-state index is 14.0. The van der Waals surface area contributed by atoms with Crippen molar-refractivity contribution in [3.05, 3.63) is 174 Å². The molecule has 5 saturated heterocycles. The number of aryl methyl sites for hydroxylation is 1. The van der Waals surface area contributed by atoms with Crippen LogP contribution in [0.5, 0.6) is 0 Å². The minimum atomic E-state index is -1.14. The van der Waals surface area contributed by atoms with E-state index in [1.165, 1.54) is 81.5 Å². The van der Waals surface area contributed by atoms with Crippen LogP contribution in [0.1, 0.15) is 247 Å². The fraction of sp³-hybridized carbons (Fsp3) is 0.608. The number of guanidine groups is 1. The summed E-state index contributed by atoms with van der Waals surface area (Å²) in [5, 5.41) is 26.9. The van der Waals surface area contributed by atoms with E-state index in [2.05, 4.69) is 72.4 Å². The molecular formula is C102H146BrF3N12O16S. The van der Waals surface area contributed by atoms with E-state index < -0.39 is 39.1 Å². The van der Waals surface area contributed by atoms with Gasteiger partial charge in [0.05, 0.1) is 30.5 Å². The molecule has 5 aromatic carbocycles. The number of aliphatic hydroxyl groups excluding tert-OH is 1. The van der Waals surface area contributed by atoms with Crippen molar-refractivity contribution in [1.29, 1.82) is 0 Å². The second-order valence-corrected chi connectivity index (χ2v) is 39.5. The second kappa shape index (κ2) is 42.8. The van der Waals surface area contributed by atoms with E-state index in [1.54, 1.807) is 82.8 Å². The standard InChI is InChI=1S/C19H24N2O3.C18H21BrN2O3.C18H22FN3O2.C18H21FN2O3.C18H21FN2O2S.C4H8O.C2H6O.5CH4.H3NO/c1-12-4-5-13-11-18(8-6-14(24-3)7-9-18)19(15(13)10-12)16(22)21(2)17(23)20-19;1-21-15(22)18(20-16(21)23)14-9-12(19)4-3-11(14)10-17(18)7-5-13(24-2)6-8-17;1-22-15(23)18(21-16(22)20)14-9-12(19)4-3-11(14)10-17(18)7-5-13(24-2)6-8-17;1-21-15(22)18(20-16(21)23)14-9-12(19)4-3-11(14)10-17(18)7-5-13(24-2)6-8-17;1-21-15(22)18(20-16(21)24)14-9-12(19)4-3-11(14)10-17(18)7-5-13(23-2)6-8-17;1-2-4-5-3-1;1-2-3;;;;;;1-2/h4-5,10,14H,6-9,11H2,1-3H3,(H,20,23);3-4,9,13H,5-8,10H2,1-2H3,(H,20,23);3-4,9,13H,5-8,10H2,1-2H3,(H2,20,21);3-4,9,13H,5-8,10H2,1-2H3,(H,20,23);3-4,9,13H,5-8,10H2,1-2H3,(H,20,24);1-4H2;3H,2H2,1H3;5*1H4;2H,1H2. The van der Waals surface area contributed by atoms with E-state index in [0.717, 1.165) is 221 Å². The van der Waals surface area contributed by atoms with Gasteiger partial charge in [0, 0.05) is 122 Å². The van der Waals surface area contributed by atoms with Crippen molar-refractivity contribution in [1.82, 2.24) is 45.8 Å². The third-order valence-electron chi connectivity index (χ3n) is 32.2. The quantitative estimate of drug-likeness (QED) is 0.0460. The molecule has 0 aromatic heterocycles. The molecule has 5 unspecified atom stereocenters. The number of halogens is 4. The van der Waals surface area contributed by atoms with Crippen LogP contribution in [-0.4, -0.2) is 215 Å². The molecule has 11 amide bonds. The number of amides is 11. The topological polar surface area (TPSA) is 361 Å². The molecule has 21 rings (SSSR count). The molecule has 28 nitrogen and oxygen atoms in total. The molecule has 6 aliphatic heterocycles. The lowest BCUT2D eigenvalue weighted by Crippen LogP contribution is -2.56. The van der Waals surface area contributed by atoms with Crippen LogP contribution < -0.4 is 32.9 Å². The molecule has 135 heavy (non-hydrogen) atoms. The number of hydrogen-bond acceptors (Lipinski definition) is 20. The number of thiocarbonyl (C=S) groups is 1. The zero-order valence-electron chi connectivity index (χ0n) is 76.6. The number of fused-ring (bicyclic) bond motifs is 15. The van der Waals surface area contributed by atoms with Gasteiger partial charge in [-0.25, -0.2) is 38.4 Å². The van der Waals surface area contributed by atoms with Crippen molar-refractivity contribution in [2.45, 2.75) is 283 Å². The minimum Gasteiger partial charge on any atom is -0.397 e. The van der Waals surface area contributed by atoms with Crippen molar-refractivity contribution in [2.75, 3.05) is 90.6 Å². The van der Waals surface area contributed by atoms with Gasteiger partial charge in [-0.2, -0.15) is 0 Å². The number of urea groups is 3. The number of carbonyl (C=O) groups excluding carboxylic acids is 8. The highest BCUT2D eigenvalue weighted by atomic mass is 79.9. The maximum atomic E-state index is 14.0. The van der Waals surface area contributed by atoms with Crippen LogP contribution in [0.25, 0.3) is 0 Å². The molecule has 10 fully saturated rings. The highest BCUT2D eigenvalue weighted by molar-refractivity contribution is 9.10. The average Bonchev–Trinajstić information content (AvgIpc) is 1.55. The van der Waals surface area contributed by atoms with Crippen molar-refractivity contribution < 1.29 is 90.3 Å². The zero-order chi connectivity index (χ0) is 93.8. The third-order valence-corrected chi connectivity index (χ3v) is 33.1. The minimum absolute atomic E-state index is 0. The number of aliphatic hydroxyl groups is 1. The van der Waals surface area contributed by atoms with Crippen molar-refractivity contribution in [3.8, 4) is 0 Å². The summed E-state index contributed by atoms with van der Waals surface area (Å²) in [5.41, 5.74) is 9.99. The Kier molecular flexibility index (Phi) is 34.8. The molecule has 10 N–H and O–H groups in total. The number of rotatable bonds is 5. The summed E-state index contributed by atoms with van der Waals surface area (Å²) in [5.74, 6) is 1.98. The summed E-state index contributed by atoms with van der Waals surface area (Å²) in [6.07, 6.45) is 24.9. The van der Waals surface area contributed by atoms with Gasteiger partial charge in [0.15, 0.2) is 38.8 Å². The van der Waals surface area contributed by atoms with E-state index in [9.17, 15) is 51.5 Å². The van der Waals surface area contributed by atoms with Crippen LogP contribution in [0.4, 0.5) is 27.6 Å². The molecule has 5 saturated carbocycles. The molecule has 33 heteroatoms. The molecule has 5 aromatic rings. The first kappa shape index (κ1) is 110. The SMILES string of the molecule is C.C.C.C.C.C1CCOC1.CCO.COC1CCC2(CC1)Cc1ccc(Br)cc1C21NC(=O)N(C)C1=O.COC1CCC2(CC1)Cc1ccc(C)cc1C21NC(=O)N(C)C1=O.COC1CCC2(CC1)Cc1ccc(F)cc1C21N=C(N)N(C)C1=O.COC1CCC2(CC1)Cc1ccc(F)cc1C21NC(=O)N(C)C1=O.COC1CCC2(CC1)Cc1ccc(F)cc1C21NC(=S)N(C)C1=O.NO. The lowest BCUT2D eigenvalue weighted by molar-refractivity contribution is -0.138. The Hall–Kier alpha value is -8.87. The largest absolute Gasteiger partial charge is 0.397 e. The number of methoxy groups -OCH3 is 5. The predicted octanol–water partition coefficient (Wildman–Crippen LogP) is 15.5. The van der Waals surface area contributed by atoms with Crippen LogP contribution in [0.3, 0.4) is 0 Å². The monoisotopic (exact) mass is 1960 g/mol. The van der Waals surface area contributed by atoms with Gasteiger partial charge in [0.25, 0.3) is 29.5 Å². The van der Waals surface area contributed by atoms with Crippen LogP contribution in [-0.2, 0) is 112 Å². The summed E-state index contributed by atoms with van der Waals surface area (Å²) < 4.78 is 75.3. The van der Waals surface area contributed by atoms with Gasteiger partial charge in [0.1, 0.15) is 17.5 Å². The number of likely N-dealkylation sites (N-methyl/N-ethyl adjacent to an activating group) is 5. The fourth-order valence-electron chi connectivity index (χ4n) is 25.3. The molecule has 16 aliphatic rings. The molecule has 10 spiro atoms. The summed E-state index contributed by atoms with van der Waals surface area (Å²) in [6, 6.07) is 25.5. The Morgan fingerprint density at radius 2 is 0.681 bits per heavy atom. The Balaban J connectivity index is 0.000000183. The first-order valence-electron chi connectivity index (χ1n) is 45.5. The first-order chi connectivity index (χ1) is 62.1. The van der Waals surface area contributed by atoms with E-state index in [1.807, 2.05) is 25.1 Å². The number of aliphatic imine (C=N–C) groups is 1. The molecule has 6 heterocycles. The summed E-state index contributed by atoms with van der Waals surface area (Å²) in [4.78, 5) is 114. The summed E-state index contributed by atoms with van der Waals surface area (Å²) >= 11 is 8.89. The van der Waals surface area contributed by atoms with E-state index >= 15 is 0 Å². The van der Waals surface area contributed by atoms with Gasteiger partial charge in [-0.1, -0.05) is 101 Å². The van der Waals surface area contributed by atoms with E-state index in [4.69, 9.17) is 56.7 Å². The summed E-state index contributed by atoms with van der Waals surface area (Å²) in [6.45, 7) is 5.96. The van der Waals surface area contributed by atoms with Gasteiger partial charge in [-0.05, 0) is 304 Å². The van der Waals surface area contributed by atoms with Crippen molar-refractivity contribution in [2.24, 2.45) is 43.7 Å². The number of benzene rings is 5. The lowest BCUT2D eigenvalue weighted by atomic mass is 9.61. The number of ether oxygens (including phenoxy) is 6. The van der Waals surface area contributed by atoms with Gasteiger partial charge >= 0.3 is 18.1 Å². The molecule has 5 atom stereocenters. The molecular weight excluding hydrogens is 1820 g/mol. The van der Waals surface area contributed by atoms with Crippen LogP contribution >= 0.6 is 28.1 Å². The Morgan fingerprint density at radius 3 is 0.956 bits per heavy atom. The van der Waals surface area contributed by atoms with Crippen molar-refractivity contribution >= 4 is 86.8 Å². The van der Waals surface area contributed by atoms with Gasteiger partial charge in [-0.15, -0.1) is 0 Å². The Labute approximate surface area is 809 Å². The Morgan fingerprint density at radius 1 is 0.415 bits per heavy atom. The predicted molar refractivity (Wildman–Crippen MR) is 519 cm³/mol. The van der Waals surface area contributed by atoms with Crippen LogP contribution in [0.2, 0.25) is 0 Å². The Bertz CT molecular complexity index is 4720. The second-order valence-electron chi connectivity index (χ2n) is 38.2.